The van der Waals surface area contributed by atoms with Crippen molar-refractivity contribution < 1.29 is 19.1 Å². The minimum atomic E-state index is -1.47. The Morgan fingerprint density at radius 3 is 3.00 bits per heavy atom. The van der Waals surface area contributed by atoms with Gasteiger partial charge in [-0.25, -0.2) is 9.82 Å². The normalized spacial score (nSPS) is 29.1. The molecule has 5 nitrogen and oxygen atoms in total. The van der Waals surface area contributed by atoms with Crippen LogP contribution in [0.25, 0.3) is 0 Å². The summed E-state index contributed by atoms with van der Waals surface area (Å²) in [7, 11) is 0. The van der Waals surface area contributed by atoms with E-state index in [2.05, 4.69) is 5.43 Å². The number of hydrazine groups is 1. The van der Waals surface area contributed by atoms with E-state index < -0.39 is 30.0 Å². The number of aliphatic carboxylic acids is 1. The van der Waals surface area contributed by atoms with Crippen LogP contribution in [0.4, 0.5) is 4.39 Å². The minimum Gasteiger partial charge on any atom is -0.480 e. The van der Waals surface area contributed by atoms with Gasteiger partial charge in [-0.2, -0.15) is 0 Å². The van der Waals surface area contributed by atoms with E-state index in [1.54, 1.807) is 0 Å². The number of carboxylic acid groups (broad SMARTS) is 1. The maximum absolute atomic E-state index is 12.7. The van der Waals surface area contributed by atoms with Crippen LogP contribution >= 0.6 is 11.6 Å². The first-order valence-electron chi connectivity index (χ1n) is 3.57. The van der Waals surface area contributed by atoms with E-state index in [-0.39, 0.29) is 6.54 Å². The molecule has 1 heterocycles. The summed E-state index contributed by atoms with van der Waals surface area (Å²) in [5.74, 6) is -1.93. The van der Waals surface area contributed by atoms with Crippen LogP contribution in [0.15, 0.2) is 0 Å². The van der Waals surface area contributed by atoms with E-state index in [1.807, 2.05) is 0 Å². The van der Waals surface area contributed by atoms with Crippen LogP contribution in [0.2, 0.25) is 0 Å². The number of carbonyl (C=O) groups excluding carboxylic acids is 1. The van der Waals surface area contributed by atoms with Crippen LogP contribution < -0.4 is 5.43 Å². The van der Waals surface area contributed by atoms with Crippen LogP contribution in [-0.2, 0) is 9.59 Å². The zero-order valence-electron chi connectivity index (χ0n) is 6.54. The molecule has 2 unspecified atom stereocenters. The van der Waals surface area contributed by atoms with Gasteiger partial charge in [0.1, 0.15) is 18.1 Å². The fourth-order valence-electron chi connectivity index (χ4n) is 0.951. The lowest BCUT2D eigenvalue weighted by molar-refractivity contribution is -0.149. The molecular formula is C6H8ClFN2O3. The smallest absolute Gasteiger partial charge is 0.324 e. The Kier molecular flexibility index (Phi) is 3.05. The van der Waals surface area contributed by atoms with E-state index in [0.717, 1.165) is 5.01 Å². The van der Waals surface area contributed by atoms with Crippen molar-refractivity contribution in [2.45, 2.75) is 11.5 Å². The molecule has 13 heavy (non-hydrogen) atoms. The van der Waals surface area contributed by atoms with E-state index >= 15 is 0 Å². The van der Waals surface area contributed by atoms with Gasteiger partial charge < -0.3 is 5.11 Å². The molecule has 1 amide bonds. The number of amides is 1. The van der Waals surface area contributed by atoms with Crippen molar-refractivity contribution in [2.24, 2.45) is 0 Å². The van der Waals surface area contributed by atoms with E-state index in [4.69, 9.17) is 16.7 Å². The zero-order chi connectivity index (χ0) is 10.0. The average molecular weight is 211 g/mol. The SMILES string of the molecule is O=C(O)CN1NCC(F)C(Cl)C1=O. The molecule has 1 rings (SSSR count). The summed E-state index contributed by atoms with van der Waals surface area (Å²) in [6, 6.07) is 0. The summed E-state index contributed by atoms with van der Waals surface area (Å²) < 4.78 is 12.7. The van der Waals surface area contributed by atoms with Crippen molar-refractivity contribution in [3.05, 3.63) is 0 Å². The Balaban J connectivity index is 2.59. The number of halogens is 2. The second-order valence-electron chi connectivity index (χ2n) is 2.60. The molecule has 0 aliphatic carbocycles. The lowest BCUT2D eigenvalue weighted by Crippen LogP contribution is -2.58. The number of rotatable bonds is 2. The summed E-state index contributed by atoms with van der Waals surface area (Å²) >= 11 is 5.40. The van der Waals surface area contributed by atoms with Crippen molar-refractivity contribution >= 4 is 23.5 Å². The van der Waals surface area contributed by atoms with Crippen LogP contribution in [0.5, 0.6) is 0 Å². The summed E-state index contributed by atoms with van der Waals surface area (Å²) in [5, 5.41) is 7.88. The third-order valence-electron chi connectivity index (χ3n) is 1.59. The van der Waals surface area contributed by atoms with Crippen molar-refractivity contribution in [3.8, 4) is 0 Å². The summed E-state index contributed by atoms with van der Waals surface area (Å²) in [5.41, 5.74) is 2.32. The Bertz CT molecular complexity index is 238. The first-order chi connectivity index (χ1) is 6.02. The summed E-state index contributed by atoms with van der Waals surface area (Å²) in [4.78, 5) is 21.3. The lowest BCUT2D eigenvalue weighted by atomic mass is 10.2. The van der Waals surface area contributed by atoms with Crippen molar-refractivity contribution in [2.75, 3.05) is 13.1 Å². The van der Waals surface area contributed by atoms with Gasteiger partial charge in [-0.1, -0.05) is 0 Å². The second-order valence-corrected chi connectivity index (χ2v) is 3.07. The molecule has 7 heteroatoms. The van der Waals surface area contributed by atoms with E-state index in [0.29, 0.717) is 0 Å². The molecule has 0 aromatic rings. The predicted octanol–water partition coefficient (Wildman–Crippen LogP) is -0.637. The number of carbonyl (C=O) groups is 2. The zero-order valence-corrected chi connectivity index (χ0v) is 7.29. The van der Waals surface area contributed by atoms with Crippen LogP contribution in [0.3, 0.4) is 0 Å². The maximum Gasteiger partial charge on any atom is 0.324 e. The Hall–Kier alpha value is -0.880. The third kappa shape index (κ3) is 2.28. The molecule has 0 spiro atoms. The van der Waals surface area contributed by atoms with Crippen LogP contribution in [-0.4, -0.2) is 46.6 Å². The number of hydrogen-bond donors (Lipinski definition) is 2. The monoisotopic (exact) mass is 210 g/mol. The summed E-state index contributed by atoms with van der Waals surface area (Å²) in [6.07, 6.45) is -1.47. The Morgan fingerprint density at radius 1 is 1.85 bits per heavy atom. The molecule has 74 valence electrons. The van der Waals surface area contributed by atoms with Gasteiger partial charge in [0.05, 0.1) is 0 Å². The number of hydrogen-bond acceptors (Lipinski definition) is 3. The number of carboxylic acids is 1. The molecule has 2 N–H and O–H groups in total. The third-order valence-corrected chi connectivity index (χ3v) is 2.05. The van der Waals surface area contributed by atoms with Gasteiger partial charge in [-0.15, -0.1) is 11.6 Å². The molecule has 0 aromatic carbocycles. The first kappa shape index (κ1) is 10.2. The largest absolute Gasteiger partial charge is 0.480 e. The van der Waals surface area contributed by atoms with Crippen molar-refractivity contribution in [1.82, 2.24) is 10.4 Å². The molecule has 2 atom stereocenters. The van der Waals surface area contributed by atoms with Gasteiger partial charge in [0, 0.05) is 6.54 Å². The topological polar surface area (TPSA) is 69.6 Å². The van der Waals surface area contributed by atoms with Gasteiger partial charge in [-0.3, -0.25) is 14.6 Å². The minimum absolute atomic E-state index is 0.146. The number of alkyl halides is 2. The van der Waals surface area contributed by atoms with Crippen molar-refractivity contribution in [1.29, 1.82) is 0 Å². The molecule has 1 fully saturated rings. The molecule has 0 bridgehead atoms. The van der Waals surface area contributed by atoms with Crippen LogP contribution in [0, 0.1) is 0 Å². The average Bonchev–Trinajstić information content (AvgIpc) is 2.06. The first-order valence-corrected chi connectivity index (χ1v) is 4.01. The highest BCUT2D eigenvalue weighted by atomic mass is 35.5. The molecule has 0 aromatic heterocycles. The van der Waals surface area contributed by atoms with Gasteiger partial charge in [-0.05, 0) is 0 Å². The Labute approximate surface area is 78.4 Å². The number of nitrogens with zero attached hydrogens (tertiary/aromatic N) is 1. The molecule has 0 saturated carbocycles. The highest BCUT2D eigenvalue weighted by molar-refractivity contribution is 6.31. The van der Waals surface area contributed by atoms with Gasteiger partial charge >= 0.3 is 5.97 Å². The van der Waals surface area contributed by atoms with E-state index in [9.17, 15) is 14.0 Å². The van der Waals surface area contributed by atoms with Gasteiger partial charge in [0.2, 0.25) is 0 Å². The maximum atomic E-state index is 12.7. The lowest BCUT2D eigenvalue weighted by Gasteiger charge is -2.31. The molecule has 1 saturated heterocycles. The number of nitrogens with one attached hydrogen (secondary N) is 1. The molecular weight excluding hydrogens is 203 g/mol. The van der Waals surface area contributed by atoms with Crippen LogP contribution in [0.1, 0.15) is 0 Å². The van der Waals surface area contributed by atoms with Crippen molar-refractivity contribution in [3.63, 3.8) is 0 Å². The highest BCUT2D eigenvalue weighted by Gasteiger charge is 2.35. The quantitative estimate of drug-likeness (QED) is 0.595. The molecule has 1 aliphatic rings. The second kappa shape index (κ2) is 3.89. The fourth-order valence-corrected chi connectivity index (χ4v) is 1.16. The molecule has 1 aliphatic heterocycles. The fraction of sp³-hybridized carbons (Fsp3) is 0.667. The van der Waals surface area contributed by atoms with E-state index in [1.165, 1.54) is 0 Å². The Morgan fingerprint density at radius 2 is 2.46 bits per heavy atom. The predicted molar refractivity (Wildman–Crippen MR) is 41.9 cm³/mol. The summed E-state index contributed by atoms with van der Waals surface area (Å²) in [6.45, 7) is -0.665. The van der Waals surface area contributed by atoms with Gasteiger partial charge in [0.25, 0.3) is 5.91 Å². The highest BCUT2D eigenvalue weighted by Crippen LogP contribution is 2.13. The van der Waals surface area contributed by atoms with Gasteiger partial charge in [0.15, 0.2) is 0 Å². The standard InChI is InChI=1S/C6H8ClFN2O3/c7-5-3(8)1-9-10(6(5)13)2-4(11)12/h3,5,9H,1-2H2,(H,11,12). The molecule has 0 radical (unpaired) electrons.